The van der Waals surface area contributed by atoms with E-state index in [0.29, 0.717) is 21.8 Å². The molecule has 0 aliphatic heterocycles. The van der Waals surface area contributed by atoms with Gasteiger partial charge in [0.1, 0.15) is 10.2 Å². The van der Waals surface area contributed by atoms with Crippen LogP contribution in [0.5, 0.6) is 0 Å². The van der Waals surface area contributed by atoms with E-state index < -0.39 is 0 Å². The smallest absolute Gasteiger partial charge is 0.120 e. The number of H-pyrrole nitrogens is 1. The lowest BCUT2D eigenvalue weighted by molar-refractivity contribution is 0.199. The van der Waals surface area contributed by atoms with Crippen molar-refractivity contribution >= 4 is 34.5 Å². The first kappa shape index (κ1) is 13.8. The van der Waals surface area contributed by atoms with Crippen LogP contribution in [0.2, 0.25) is 8.67 Å². The summed E-state index contributed by atoms with van der Waals surface area (Å²) < 4.78 is 6.29. The number of hydrogen-bond donors (Lipinski definition) is 2. The molecule has 0 bridgehead atoms. The molecule has 0 saturated heterocycles. The number of methoxy groups -OCH3 is 1. The number of nitrogens with one attached hydrogen (secondary N) is 2. The quantitative estimate of drug-likeness (QED) is 0.806. The van der Waals surface area contributed by atoms with Crippen LogP contribution in [0.15, 0.2) is 12.3 Å². The first-order chi connectivity index (χ1) is 8.70. The fourth-order valence-electron chi connectivity index (χ4n) is 1.49. The Morgan fingerprint density at radius 3 is 3.00 bits per heavy atom. The zero-order valence-corrected chi connectivity index (χ0v) is 12.1. The molecule has 2 heterocycles. The SMILES string of the molecule is COCCNCc1ncc(-c2cc(Cl)sc2Cl)[nH]1. The predicted octanol–water partition coefficient (Wildman–Crippen LogP) is 3.18. The van der Waals surface area contributed by atoms with Crippen molar-refractivity contribution < 1.29 is 4.74 Å². The number of aromatic amines is 1. The maximum atomic E-state index is 6.09. The lowest BCUT2D eigenvalue weighted by atomic mass is 10.3. The van der Waals surface area contributed by atoms with Gasteiger partial charge in [-0.05, 0) is 6.07 Å². The topological polar surface area (TPSA) is 49.9 Å². The van der Waals surface area contributed by atoms with Crippen molar-refractivity contribution in [2.24, 2.45) is 0 Å². The molecule has 0 radical (unpaired) electrons. The molecular weight excluding hydrogens is 293 g/mol. The fourth-order valence-corrected chi connectivity index (χ4v) is 2.99. The third kappa shape index (κ3) is 3.46. The Balaban J connectivity index is 1.99. The molecule has 2 N–H and O–H groups in total. The highest BCUT2D eigenvalue weighted by Crippen LogP contribution is 2.37. The summed E-state index contributed by atoms with van der Waals surface area (Å²) in [7, 11) is 1.68. The standard InChI is InChI=1S/C11H13Cl2N3OS/c1-17-3-2-14-6-10-15-5-8(16-10)7-4-9(12)18-11(7)13/h4-5,14H,2-3,6H2,1H3,(H,15,16). The van der Waals surface area contributed by atoms with E-state index in [9.17, 15) is 0 Å². The molecule has 2 rings (SSSR count). The van der Waals surface area contributed by atoms with Gasteiger partial charge in [0.05, 0.1) is 29.4 Å². The summed E-state index contributed by atoms with van der Waals surface area (Å²) in [6.07, 6.45) is 1.76. The minimum Gasteiger partial charge on any atom is -0.383 e. The van der Waals surface area contributed by atoms with Gasteiger partial charge in [-0.2, -0.15) is 0 Å². The summed E-state index contributed by atoms with van der Waals surface area (Å²) >= 11 is 13.4. The van der Waals surface area contributed by atoms with Crippen molar-refractivity contribution in [3.05, 3.63) is 26.8 Å². The highest BCUT2D eigenvalue weighted by atomic mass is 35.5. The van der Waals surface area contributed by atoms with Gasteiger partial charge in [0, 0.05) is 19.2 Å². The lowest BCUT2D eigenvalue weighted by Crippen LogP contribution is -2.19. The Kier molecular flexibility index (Phi) is 5.03. The maximum Gasteiger partial charge on any atom is 0.120 e. The molecule has 18 heavy (non-hydrogen) atoms. The third-order valence-corrected chi connectivity index (χ3v) is 3.84. The number of rotatable bonds is 6. The second kappa shape index (κ2) is 6.54. The molecule has 2 aromatic rings. The van der Waals surface area contributed by atoms with Crippen molar-refractivity contribution in [2.75, 3.05) is 20.3 Å². The van der Waals surface area contributed by atoms with E-state index in [1.165, 1.54) is 11.3 Å². The zero-order chi connectivity index (χ0) is 13.0. The Bertz CT molecular complexity index is 512. The number of imidazole rings is 1. The highest BCUT2D eigenvalue weighted by molar-refractivity contribution is 7.20. The molecule has 0 amide bonds. The number of ether oxygens (including phenoxy) is 1. The van der Waals surface area contributed by atoms with Gasteiger partial charge in [-0.3, -0.25) is 0 Å². The van der Waals surface area contributed by atoms with Crippen molar-refractivity contribution in [1.29, 1.82) is 0 Å². The van der Waals surface area contributed by atoms with Crippen LogP contribution < -0.4 is 5.32 Å². The molecule has 0 atom stereocenters. The van der Waals surface area contributed by atoms with E-state index in [4.69, 9.17) is 27.9 Å². The zero-order valence-electron chi connectivity index (χ0n) is 9.80. The first-order valence-corrected chi connectivity index (χ1v) is 6.96. The van der Waals surface area contributed by atoms with Crippen LogP contribution in [0.3, 0.4) is 0 Å². The Morgan fingerprint density at radius 1 is 1.50 bits per heavy atom. The van der Waals surface area contributed by atoms with Gasteiger partial charge in [-0.15, -0.1) is 11.3 Å². The fraction of sp³-hybridized carbons (Fsp3) is 0.364. The summed E-state index contributed by atoms with van der Waals surface area (Å²) in [6, 6.07) is 1.84. The molecule has 0 aliphatic rings. The average molecular weight is 306 g/mol. The molecule has 0 unspecified atom stereocenters. The van der Waals surface area contributed by atoms with Gasteiger partial charge in [-0.1, -0.05) is 23.2 Å². The molecule has 0 aromatic carbocycles. The number of thiophene rings is 1. The predicted molar refractivity (Wildman–Crippen MR) is 75.5 cm³/mol. The summed E-state index contributed by atoms with van der Waals surface area (Å²) in [5.74, 6) is 0.861. The van der Waals surface area contributed by atoms with Gasteiger partial charge >= 0.3 is 0 Å². The number of nitrogens with zero attached hydrogens (tertiary/aromatic N) is 1. The summed E-state index contributed by atoms with van der Waals surface area (Å²) in [4.78, 5) is 7.49. The largest absolute Gasteiger partial charge is 0.383 e. The van der Waals surface area contributed by atoms with Crippen LogP contribution in [-0.4, -0.2) is 30.2 Å². The molecule has 0 aliphatic carbocycles. The summed E-state index contributed by atoms with van der Waals surface area (Å²) in [5, 5.41) is 3.21. The molecule has 0 fully saturated rings. The van der Waals surface area contributed by atoms with Crippen molar-refractivity contribution in [3.8, 4) is 11.3 Å². The molecule has 4 nitrogen and oxygen atoms in total. The Hall–Kier alpha value is -0.590. The Labute approximate surface area is 119 Å². The average Bonchev–Trinajstić information content (AvgIpc) is 2.91. The van der Waals surface area contributed by atoms with Crippen LogP contribution in [-0.2, 0) is 11.3 Å². The van der Waals surface area contributed by atoms with Crippen LogP contribution in [0.4, 0.5) is 0 Å². The molecule has 7 heteroatoms. The molecule has 2 aromatic heterocycles. The summed E-state index contributed by atoms with van der Waals surface area (Å²) in [6.45, 7) is 2.13. The van der Waals surface area contributed by atoms with Crippen molar-refractivity contribution in [2.45, 2.75) is 6.54 Å². The van der Waals surface area contributed by atoms with E-state index >= 15 is 0 Å². The highest BCUT2D eigenvalue weighted by Gasteiger charge is 2.10. The van der Waals surface area contributed by atoms with E-state index in [0.717, 1.165) is 23.6 Å². The van der Waals surface area contributed by atoms with Gasteiger partial charge in [-0.25, -0.2) is 4.98 Å². The Morgan fingerprint density at radius 2 is 2.33 bits per heavy atom. The second-order valence-corrected chi connectivity index (χ2v) is 5.94. The maximum absolute atomic E-state index is 6.09. The number of aromatic nitrogens is 2. The number of halogens is 2. The van der Waals surface area contributed by atoms with Gasteiger partial charge in [0.25, 0.3) is 0 Å². The minimum absolute atomic E-state index is 0.666. The molecule has 98 valence electrons. The molecular formula is C11H13Cl2N3OS. The minimum atomic E-state index is 0.666. The molecule has 0 saturated carbocycles. The van der Waals surface area contributed by atoms with E-state index in [1.54, 1.807) is 13.3 Å². The monoisotopic (exact) mass is 305 g/mol. The van der Waals surface area contributed by atoms with Crippen LogP contribution in [0.25, 0.3) is 11.3 Å². The normalized spacial score (nSPS) is 11.1. The summed E-state index contributed by atoms with van der Waals surface area (Å²) in [5.41, 5.74) is 1.77. The number of hydrogen-bond acceptors (Lipinski definition) is 4. The van der Waals surface area contributed by atoms with E-state index in [2.05, 4.69) is 15.3 Å². The van der Waals surface area contributed by atoms with Gasteiger partial charge in [0.15, 0.2) is 0 Å². The van der Waals surface area contributed by atoms with Crippen LogP contribution >= 0.6 is 34.5 Å². The van der Waals surface area contributed by atoms with Crippen molar-refractivity contribution in [3.63, 3.8) is 0 Å². The first-order valence-electron chi connectivity index (χ1n) is 5.39. The second-order valence-electron chi connectivity index (χ2n) is 3.65. The van der Waals surface area contributed by atoms with Gasteiger partial charge in [0.2, 0.25) is 0 Å². The third-order valence-electron chi connectivity index (χ3n) is 2.35. The van der Waals surface area contributed by atoms with Crippen LogP contribution in [0.1, 0.15) is 5.82 Å². The lowest BCUT2D eigenvalue weighted by Gasteiger charge is -2.00. The van der Waals surface area contributed by atoms with Crippen molar-refractivity contribution in [1.82, 2.24) is 15.3 Å². The molecule has 0 spiro atoms. The van der Waals surface area contributed by atoms with Crippen LogP contribution in [0, 0.1) is 0 Å². The van der Waals surface area contributed by atoms with Gasteiger partial charge < -0.3 is 15.0 Å². The van der Waals surface area contributed by atoms with E-state index in [1.807, 2.05) is 6.07 Å². The van der Waals surface area contributed by atoms with E-state index in [-0.39, 0.29) is 0 Å².